The van der Waals surface area contributed by atoms with Gasteiger partial charge in [0.15, 0.2) is 0 Å². The molecular formula is C8H4BrClN2O4S. The third kappa shape index (κ3) is 2.28. The lowest BCUT2D eigenvalue weighted by atomic mass is 10.2. The van der Waals surface area contributed by atoms with E-state index in [1.165, 1.54) is 12.1 Å². The average molecular weight is 340 g/mol. The smallest absolute Gasteiger partial charge is 0.306 e. The Balaban J connectivity index is 3.15. The van der Waals surface area contributed by atoms with Gasteiger partial charge in [-0.05, 0) is 12.1 Å². The van der Waals surface area contributed by atoms with Crippen LogP contribution >= 0.6 is 26.6 Å². The Hall–Kier alpha value is -1.12. The SMILES string of the molecule is O=c1[nH]c(=O)c2cc(Br)cc(S(=O)(=O)Cl)c2[nH]1. The van der Waals surface area contributed by atoms with Crippen molar-refractivity contribution >= 4 is 46.6 Å². The molecule has 6 nitrogen and oxygen atoms in total. The molecule has 0 unspecified atom stereocenters. The number of halogens is 2. The first kappa shape index (κ1) is 12.3. The molecule has 90 valence electrons. The van der Waals surface area contributed by atoms with Crippen molar-refractivity contribution in [3.8, 4) is 0 Å². The third-order valence-corrected chi connectivity index (χ3v) is 3.84. The number of benzene rings is 1. The highest BCUT2D eigenvalue weighted by Gasteiger charge is 2.17. The summed E-state index contributed by atoms with van der Waals surface area (Å²) in [6, 6.07) is 2.59. The molecule has 0 fully saturated rings. The molecule has 0 spiro atoms. The zero-order valence-corrected chi connectivity index (χ0v) is 11.1. The lowest BCUT2D eigenvalue weighted by Crippen LogP contribution is -2.22. The summed E-state index contributed by atoms with van der Waals surface area (Å²) in [6.45, 7) is 0. The highest BCUT2D eigenvalue weighted by Crippen LogP contribution is 2.26. The lowest BCUT2D eigenvalue weighted by Gasteiger charge is -2.03. The van der Waals surface area contributed by atoms with E-state index in [2.05, 4.69) is 20.9 Å². The van der Waals surface area contributed by atoms with Crippen LogP contribution in [0.4, 0.5) is 0 Å². The predicted molar refractivity (Wildman–Crippen MR) is 65.9 cm³/mol. The zero-order chi connectivity index (χ0) is 12.8. The molecule has 1 aromatic heterocycles. The van der Waals surface area contributed by atoms with Crippen LogP contribution in [0.15, 0.2) is 31.1 Å². The first-order valence-electron chi connectivity index (χ1n) is 4.19. The molecule has 9 heteroatoms. The molecule has 0 aliphatic heterocycles. The number of rotatable bonds is 1. The van der Waals surface area contributed by atoms with Crippen molar-refractivity contribution in [2.24, 2.45) is 0 Å². The molecular weight excluding hydrogens is 336 g/mol. The topological polar surface area (TPSA) is 99.9 Å². The van der Waals surface area contributed by atoms with E-state index in [0.29, 0.717) is 4.47 Å². The normalized spacial score (nSPS) is 11.9. The van der Waals surface area contributed by atoms with Gasteiger partial charge in [-0.1, -0.05) is 15.9 Å². The van der Waals surface area contributed by atoms with Crippen LogP contribution in [0.2, 0.25) is 0 Å². The molecule has 0 saturated carbocycles. The Labute approximate surface area is 107 Å². The Morgan fingerprint density at radius 3 is 2.41 bits per heavy atom. The first-order chi connectivity index (χ1) is 7.79. The van der Waals surface area contributed by atoms with Crippen LogP contribution in [0, 0.1) is 0 Å². The van der Waals surface area contributed by atoms with Gasteiger partial charge in [-0.3, -0.25) is 9.78 Å². The number of nitrogens with one attached hydrogen (secondary N) is 2. The lowest BCUT2D eigenvalue weighted by molar-refractivity contribution is 0.610. The van der Waals surface area contributed by atoms with E-state index in [0.717, 1.165) is 0 Å². The Bertz CT molecular complexity index is 824. The number of aromatic nitrogens is 2. The zero-order valence-electron chi connectivity index (χ0n) is 7.95. The van der Waals surface area contributed by atoms with Crippen molar-refractivity contribution in [2.45, 2.75) is 4.90 Å². The van der Waals surface area contributed by atoms with Crippen molar-refractivity contribution in [3.05, 3.63) is 37.4 Å². The molecule has 17 heavy (non-hydrogen) atoms. The van der Waals surface area contributed by atoms with Crippen molar-refractivity contribution in [3.63, 3.8) is 0 Å². The van der Waals surface area contributed by atoms with E-state index in [4.69, 9.17) is 10.7 Å². The molecule has 0 atom stereocenters. The van der Waals surface area contributed by atoms with Gasteiger partial charge in [0.05, 0.1) is 10.9 Å². The van der Waals surface area contributed by atoms with Gasteiger partial charge in [0.25, 0.3) is 14.6 Å². The Morgan fingerprint density at radius 1 is 1.18 bits per heavy atom. The molecule has 2 rings (SSSR count). The predicted octanol–water partition coefficient (Wildman–Crippen LogP) is 0.906. The van der Waals surface area contributed by atoms with Crippen LogP contribution in [0.5, 0.6) is 0 Å². The summed E-state index contributed by atoms with van der Waals surface area (Å²) in [5.41, 5.74) is -1.60. The van der Waals surface area contributed by atoms with E-state index >= 15 is 0 Å². The van der Waals surface area contributed by atoms with E-state index in [-0.39, 0.29) is 15.8 Å². The fraction of sp³-hybridized carbons (Fsp3) is 0. The number of aromatic amines is 2. The molecule has 1 aromatic carbocycles. The average Bonchev–Trinajstić information content (AvgIpc) is 2.16. The number of hydrogen-bond donors (Lipinski definition) is 2. The second kappa shape index (κ2) is 3.97. The van der Waals surface area contributed by atoms with E-state index in [9.17, 15) is 18.0 Å². The minimum atomic E-state index is -4.07. The minimum Gasteiger partial charge on any atom is -0.306 e. The maximum Gasteiger partial charge on any atom is 0.326 e. The standard InChI is InChI=1S/C8H4BrClN2O4S/c9-3-1-4-6(5(2-3)17(10,15)16)11-8(14)12-7(4)13/h1-2H,(H2,11,12,13,14). The quantitative estimate of drug-likeness (QED) is 0.754. The van der Waals surface area contributed by atoms with Crippen LogP contribution in [-0.2, 0) is 9.05 Å². The van der Waals surface area contributed by atoms with Gasteiger partial charge >= 0.3 is 5.69 Å². The van der Waals surface area contributed by atoms with Crippen molar-refractivity contribution in [1.82, 2.24) is 9.97 Å². The molecule has 0 bridgehead atoms. The Morgan fingerprint density at radius 2 is 1.82 bits per heavy atom. The summed E-state index contributed by atoms with van der Waals surface area (Å²) in [6.07, 6.45) is 0. The van der Waals surface area contributed by atoms with Crippen molar-refractivity contribution in [2.75, 3.05) is 0 Å². The van der Waals surface area contributed by atoms with Crippen molar-refractivity contribution in [1.29, 1.82) is 0 Å². The van der Waals surface area contributed by atoms with Gasteiger partial charge in [0, 0.05) is 15.2 Å². The highest BCUT2D eigenvalue weighted by molar-refractivity contribution is 9.10. The first-order valence-corrected chi connectivity index (χ1v) is 7.30. The monoisotopic (exact) mass is 338 g/mol. The summed E-state index contributed by atoms with van der Waals surface area (Å²) in [5, 5.41) is 0.0261. The maximum atomic E-state index is 11.5. The Kier molecular flexibility index (Phi) is 2.88. The number of H-pyrrole nitrogens is 2. The summed E-state index contributed by atoms with van der Waals surface area (Å²) >= 11 is 3.06. The molecule has 1 heterocycles. The number of hydrogen-bond acceptors (Lipinski definition) is 4. The fourth-order valence-corrected chi connectivity index (χ4v) is 3.04. The van der Waals surface area contributed by atoms with E-state index in [1.54, 1.807) is 0 Å². The molecule has 0 saturated heterocycles. The van der Waals surface area contributed by atoms with Gasteiger partial charge in [-0.25, -0.2) is 13.2 Å². The van der Waals surface area contributed by atoms with E-state index < -0.39 is 20.3 Å². The van der Waals surface area contributed by atoms with Crippen LogP contribution in [0.25, 0.3) is 10.9 Å². The van der Waals surface area contributed by atoms with Gasteiger partial charge in [0.2, 0.25) is 0 Å². The summed E-state index contributed by atoms with van der Waals surface area (Å²) < 4.78 is 23.0. The van der Waals surface area contributed by atoms with Crippen LogP contribution < -0.4 is 11.2 Å². The largest absolute Gasteiger partial charge is 0.326 e. The maximum absolute atomic E-state index is 11.5. The van der Waals surface area contributed by atoms with Crippen LogP contribution in [0.3, 0.4) is 0 Å². The summed E-state index contributed by atoms with van der Waals surface area (Å²) in [5.74, 6) is 0. The summed E-state index contributed by atoms with van der Waals surface area (Å²) in [4.78, 5) is 26.5. The second-order valence-electron chi connectivity index (χ2n) is 3.17. The van der Waals surface area contributed by atoms with Crippen LogP contribution in [0.1, 0.15) is 0 Å². The molecule has 0 radical (unpaired) electrons. The van der Waals surface area contributed by atoms with E-state index in [1.807, 2.05) is 4.98 Å². The van der Waals surface area contributed by atoms with Gasteiger partial charge in [-0.2, -0.15) is 0 Å². The van der Waals surface area contributed by atoms with Gasteiger partial charge in [0.1, 0.15) is 4.90 Å². The minimum absolute atomic E-state index is 0.0261. The van der Waals surface area contributed by atoms with Gasteiger partial charge in [-0.15, -0.1) is 0 Å². The molecule has 2 N–H and O–H groups in total. The van der Waals surface area contributed by atoms with Gasteiger partial charge < -0.3 is 4.98 Å². The molecule has 0 aliphatic rings. The highest BCUT2D eigenvalue weighted by atomic mass is 79.9. The third-order valence-electron chi connectivity index (χ3n) is 2.04. The molecule has 2 aromatic rings. The van der Waals surface area contributed by atoms with Crippen LogP contribution in [-0.4, -0.2) is 18.4 Å². The summed E-state index contributed by atoms with van der Waals surface area (Å²) in [7, 11) is 1.17. The number of fused-ring (bicyclic) bond motifs is 1. The second-order valence-corrected chi connectivity index (χ2v) is 6.62. The molecule has 0 amide bonds. The fourth-order valence-electron chi connectivity index (χ4n) is 1.40. The molecule has 0 aliphatic carbocycles. The van der Waals surface area contributed by atoms with Crippen molar-refractivity contribution < 1.29 is 8.42 Å².